The minimum absolute atomic E-state index is 0.150. The van der Waals surface area contributed by atoms with Gasteiger partial charge in [-0.05, 0) is 44.0 Å². The lowest BCUT2D eigenvalue weighted by atomic mass is 10.2. The van der Waals surface area contributed by atoms with E-state index in [0.717, 1.165) is 0 Å². The van der Waals surface area contributed by atoms with Gasteiger partial charge in [-0.2, -0.15) is 0 Å². The maximum atomic E-state index is 11.9. The summed E-state index contributed by atoms with van der Waals surface area (Å²) in [4.78, 5) is 10.7. The first-order valence-corrected chi connectivity index (χ1v) is 6.06. The van der Waals surface area contributed by atoms with Crippen LogP contribution in [0.4, 0.5) is 4.39 Å². The third-order valence-electron chi connectivity index (χ3n) is 1.77. The van der Waals surface area contributed by atoms with Crippen molar-refractivity contribution < 1.29 is 19.0 Å². The van der Waals surface area contributed by atoms with Crippen molar-refractivity contribution in [3.63, 3.8) is 0 Å². The number of carbonyl (C=O) groups is 1. The van der Waals surface area contributed by atoms with Crippen LogP contribution < -0.4 is 4.74 Å². The Hall–Kier alpha value is -0.620. The molecule has 0 saturated carbocycles. The number of hydrogen-bond donors (Lipinski definition) is 1. The van der Waals surface area contributed by atoms with Crippen molar-refractivity contribution in [1.82, 2.24) is 0 Å². The van der Waals surface area contributed by atoms with E-state index in [1.54, 1.807) is 0 Å². The first-order chi connectivity index (χ1) is 7.56. The maximum absolute atomic E-state index is 11.9. The van der Waals surface area contributed by atoms with Crippen LogP contribution in [0.5, 0.6) is 5.75 Å². The Balaban J connectivity index is 2.89. The molecule has 1 aromatic carbocycles. The molecular formula is C10H9Br2FO3. The molecule has 1 N–H and O–H groups in total. The van der Waals surface area contributed by atoms with Gasteiger partial charge in [-0.25, -0.2) is 4.79 Å². The van der Waals surface area contributed by atoms with E-state index in [1.165, 1.54) is 12.1 Å². The molecule has 0 radical (unpaired) electrons. The molecule has 3 nitrogen and oxygen atoms in total. The molecule has 0 unspecified atom stereocenters. The summed E-state index contributed by atoms with van der Waals surface area (Å²) in [6, 6.07) is 2.88. The van der Waals surface area contributed by atoms with Crippen LogP contribution in [-0.2, 0) is 0 Å². The molecule has 0 spiro atoms. The van der Waals surface area contributed by atoms with Crippen molar-refractivity contribution in [2.24, 2.45) is 0 Å². The summed E-state index contributed by atoms with van der Waals surface area (Å²) in [6.07, 6.45) is 0.305. The van der Waals surface area contributed by atoms with Crippen molar-refractivity contribution in [2.75, 3.05) is 13.3 Å². The minimum Gasteiger partial charge on any atom is -0.491 e. The largest absolute Gasteiger partial charge is 0.491 e. The Morgan fingerprint density at radius 2 is 1.94 bits per heavy atom. The van der Waals surface area contributed by atoms with E-state index in [1.807, 2.05) is 0 Å². The lowest BCUT2D eigenvalue weighted by Crippen LogP contribution is -2.02. The van der Waals surface area contributed by atoms with Crippen LogP contribution in [0.3, 0.4) is 0 Å². The van der Waals surface area contributed by atoms with E-state index in [9.17, 15) is 9.18 Å². The molecular weight excluding hydrogens is 347 g/mol. The van der Waals surface area contributed by atoms with Crippen LogP contribution in [0.15, 0.2) is 21.1 Å². The quantitative estimate of drug-likeness (QED) is 0.820. The van der Waals surface area contributed by atoms with E-state index in [0.29, 0.717) is 21.1 Å². The Bertz CT molecular complexity index is 373. The van der Waals surface area contributed by atoms with Gasteiger partial charge in [0.2, 0.25) is 0 Å². The van der Waals surface area contributed by atoms with Gasteiger partial charge < -0.3 is 9.84 Å². The van der Waals surface area contributed by atoms with Crippen LogP contribution in [0.2, 0.25) is 0 Å². The molecule has 0 fully saturated rings. The molecule has 1 aromatic rings. The third kappa shape index (κ3) is 3.45. The van der Waals surface area contributed by atoms with E-state index < -0.39 is 12.6 Å². The predicted octanol–water partition coefficient (Wildman–Crippen LogP) is 3.65. The summed E-state index contributed by atoms with van der Waals surface area (Å²) in [6.45, 7) is -0.192. The molecule has 0 saturated heterocycles. The highest BCUT2D eigenvalue weighted by molar-refractivity contribution is 9.11. The molecule has 0 aromatic heterocycles. The smallest absolute Gasteiger partial charge is 0.335 e. The van der Waals surface area contributed by atoms with Gasteiger partial charge in [-0.3, -0.25) is 4.39 Å². The zero-order valence-corrected chi connectivity index (χ0v) is 11.3. The average molecular weight is 356 g/mol. The lowest BCUT2D eigenvalue weighted by molar-refractivity contribution is 0.0696. The van der Waals surface area contributed by atoms with Crippen molar-refractivity contribution in [3.05, 3.63) is 26.6 Å². The molecule has 0 atom stereocenters. The predicted molar refractivity (Wildman–Crippen MR) is 64.9 cm³/mol. The molecule has 0 aliphatic heterocycles. The summed E-state index contributed by atoms with van der Waals surface area (Å²) in [5.74, 6) is -0.532. The van der Waals surface area contributed by atoms with Crippen molar-refractivity contribution in [1.29, 1.82) is 0 Å². The van der Waals surface area contributed by atoms with Gasteiger partial charge in [0.05, 0.1) is 27.8 Å². The Morgan fingerprint density at radius 1 is 1.38 bits per heavy atom. The van der Waals surface area contributed by atoms with Crippen molar-refractivity contribution in [2.45, 2.75) is 6.42 Å². The highest BCUT2D eigenvalue weighted by Crippen LogP contribution is 2.34. The van der Waals surface area contributed by atoms with Crippen LogP contribution in [0.1, 0.15) is 16.8 Å². The van der Waals surface area contributed by atoms with Gasteiger partial charge in [0.25, 0.3) is 0 Å². The Kier molecular flexibility index (Phi) is 5.21. The zero-order chi connectivity index (χ0) is 12.1. The Morgan fingerprint density at radius 3 is 2.38 bits per heavy atom. The van der Waals surface area contributed by atoms with Crippen molar-refractivity contribution >= 4 is 37.8 Å². The zero-order valence-electron chi connectivity index (χ0n) is 8.17. The number of alkyl halides is 1. The van der Waals surface area contributed by atoms with Crippen LogP contribution in [0, 0.1) is 0 Å². The molecule has 0 heterocycles. The summed E-state index contributed by atoms with van der Waals surface area (Å²) < 4.78 is 18.3. The molecule has 6 heteroatoms. The first-order valence-electron chi connectivity index (χ1n) is 4.47. The highest BCUT2D eigenvalue weighted by atomic mass is 79.9. The summed E-state index contributed by atoms with van der Waals surface area (Å²) >= 11 is 6.41. The number of aromatic carboxylic acids is 1. The van der Waals surface area contributed by atoms with Crippen molar-refractivity contribution in [3.8, 4) is 5.75 Å². The monoisotopic (exact) mass is 354 g/mol. The molecule has 0 aliphatic rings. The number of halogens is 3. The van der Waals surface area contributed by atoms with Gasteiger partial charge >= 0.3 is 5.97 Å². The Labute approximate surface area is 109 Å². The summed E-state index contributed by atoms with van der Waals surface area (Å²) in [5, 5.41) is 8.81. The van der Waals surface area contributed by atoms with Gasteiger partial charge in [-0.1, -0.05) is 0 Å². The van der Waals surface area contributed by atoms with Gasteiger partial charge in [0.15, 0.2) is 0 Å². The number of carboxylic acids is 1. The minimum atomic E-state index is -1.02. The summed E-state index contributed by atoms with van der Waals surface area (Å²) in [5.41, 5.74) is 0.150. The van der Waals surface area contributed by atoms with E-state index in [4.69, 9.17) is 9.84 Å². The molecule has 0 aliphatic carbocycles. The molecule has 88 valence electrons. The highest BCUT2D eigenvalue weighted by Gasteiger charge is 2.12. The molecule has 0 amide bonds. The van der Waals surface area contributed by atoms with Crippen LogP contribution in [0.25, 0.3) is 0 Å². The second kappa shape index (κ2) is 6.20. The van der Waals surface area contributed by atoms with E-state index in [-0.39, 0.29) is 12.2 Å². The first kappa shape index (κ1) is 13.4. The third-order valence-corrected chi connectivity index (χ3v) is 2.95. The fourth-order valence-electron chi connectivity index (χ4n) is 1.05. The second-order valence-corrected chi connectivity index (χ2v) is 4.67. The number of hydrogen-bond acceptors (Lipinski definition) is 2. The van der Waals surface area contributed by atoms with E-state index in [2.05, 4.69) is 31.9 Å². The fraction of sp³-hybridized carbons (Fsp3) is 0.300. The SMILES string of the molecule is O=C(O)c1cc(Br)c(OCCCF)c(Br)c1. The van der Waals surface area contributed by atoms with Gasteiger partial charge in [0.1, 0.15) is 5.75 Å². The molecule has 0 bridgehead atoms. The number of carboxylic acid groups (broad SMARTS) is 1. The fourth-order valence-corrected chi connectivity index (χ4v) is 2.47. The standard InChI is InChI=1S/C10H9Br2FO3/c11-7-4-6(10(14)15)5-8(12)9(7)16-3-1-2-13/h4-5H,1-3H2,(H,14,15). The number of rotatable bonds is 5. The van der Waals surface area contributed by atoms with Crippen LogP contribution in [-0.4, -0.2) is 24.4 Å². The average Bonchev–Trinajstić information content (AvgIpc) is 2.21. The summed E-state index contributed by atoms with van der Waals surface area (Å²) in [7, 11) is 0. The number of benzene rings is 1. The van der Waals surface area contributed by atoms with Crippen LogP contribution >= 0.6 is 31.9 Å². The lowest BCUT2D eigenvalue weighted by Gasteiger charge is -2.10. The number of ether oxygens (including phenoxy) is 1. The van der Waals surface area contributed by atoms with Gasteiger partial charge in [-0.15, -0.1) is 0 Å². The van der Waals surface area contributed by atoms with Gasteiger partial charge in [0, 0.05) is 6.42 Å². The maximum Gasteiger partial charge on any atom is 0.335 e. The topological polar surface area (TPSA) is 46.5 Å². The molecule has 1 rings (SSSR count). The normalized spacial score (nSPS) is 10.2. The van der Waals surface area contributed by atoms with E-state index >= 15 is 0 Å². The second-order valence-electron chi connectivity index (χ2n) is 2.97. The molecule has 16 heavy (non-hydrogen) atoms.